The molecule has 0 aromatic carbocycles. The number of esters is 1. The predicted molar refractivity (Wildman–Crippen MR) is 67.5 cm³/mol. The van der Waals surface area contributed by atoms with Gasteiger partial charge >= 0.3 is 5.97 Å². The average molecular weight is 238 g/mol. The molecule has 1 rings (SSSR count). The Morgan fingerprint density at radius 3 is 2.53 bits per heavy atom. The first-order valence-corrected chi connectivity index (χ1v) is 6.17. The molecule has 0 saturated heterocycles. The first-order chi connectivity index (χ1) is 8.06. The fourth-order valence-electron chi connectivity index (χ4n) is 2.87. The second-order valence-corrected chi connectivity index (χ2v) is 4.67. The van der Waals surface area contributed by atoms with Crippen molar-refractivity contribution in [1.82, 2.24) is 0 Å². The number of allylic oxidation sites excluding steroid dienone is 1. The molecule has 1 saturated carbocycles. The summed E-state index contributed by atoms with van der Waals surface area (Å²) in [4.78, 5) is 12.2. The SMILES string of the molecule is C=CC[C@]1(O)CCC[C@@]1(CC=C)C(=O)OCC. The molecule has 1 N–H and O–H groups in total. The summed E-state index contributed by atoms with van der Waals surface area (Å²) in [6.07, 6.45) is 6.33. The Balaban J connectivity index is 3.07. The molecule has 0 aliphatic heterocycles. The van der Waals surface area contributed by atoms with Crippen LogP contribution in [0, 0.1) is 5.41 Å². The zero-order valence-corrected chi connectivity index (χ0v) is 10.6. The van der Waals surface area contributed by atoms with Crippen LogP contribution in [0.2, 0.25) is 0 Å². The van der Waals surface area contributed by atoms with E-state index >= 15 is 0 Å². The van der Waals surface area contributed by atoms with Gasteiger partial charge in [-0.2, -0.15) is 0 Å². The van der Waals surface area contributed by atoms with E-state index in [0.29, 0.717) is 32.3 Å². The van der Waals surface area contributed by atoms with Crippen LogP contribution in [0.1, 0.15) is 39.0 Å². The lowest BCUT2D eigenvalue weighted by Gasteiger charge is -2.39. The molecule has 1 fully saturated rings. The summed E-state index contributed by atoms with van der Waals surface area (Å²) in [5.74, 6) is -0.304. The lowest BCUT2D eigenvalue weighted by atomic mass is 9.70. The largest absolute Gasteiger partial charge is 0.465 e. The maximum Gasteiger partial charge on any atom is 0.315 e. The van der Waals surface area contributed by atoms with Gasteiger partial charge in [-0.15, -0.1) is 13.2 Å². The van der Waals surface area contributed by atoms with Crippen LogP contribution in [0.15, 0.2) is 25.3 Å². The highest BCUT2D eigenvalue weighted by Gasteiger charge is 2.58. The van der Waals surface area contributed by atoms with Crippen LogP contribution in [0.4, 0.5) is 0 Å². The minimum Gasteiger partial charge on any atom is -0.465 e. The van der Waals surface area contributed by atoms with Gasteiger partial charge in [0.2, 0.25) is 0 Å². The summed E-state index contributed by atoms with van der Waals surface area (Å²) in [6.45, 7) is 9.47. The summed E-state index contributed by atoms with van der Waals surface area (Å²) in [5, 5.41) is 10.7. The number of rotatable bonds is 6. The number of hydrogen-bond acceptors (Lipinski definition) is 3. The summed E-state index contributed by atoms with van der Waals surface area (Å²) >= 11 is 0. The van der Waals surface area contributed by atoms with Crippen LogP contribution in [0.5, 0.6) is 0 Å². The molecule has 3 heteroatoms. The monoisotopic (exact) mass is 238 g/mol. The molecule has 96 valence electrons. The molecule has 0 amide bonds. The maximum absolute atomic E-state index is 12.2. The van der Waals surface area contributed by atoms with Gasteiger partial charge in [-0.25, -0.2) is 0 Å². The quantitative estimate of drug-likeness (QED) is 0.571. The Hall–Kier alpha value is -1.09. The van der Waals surface area contributed by atoms with Crippen LogP contribution >= 0.6 is 0 Å². The fraction of sp³-hybridized carbons (Fsp3) is 0.643. The van der Waals surface area contributed by atoms with Crippen LogP contribution in [-0.4, -0.2) is 23.3 Å². The third-order valence-corrected chi connectivity index (χ3v) is 3.73. The minimum atomic E-state index is -1.03. The summed E-state index contributed by atoms with van der Waals surface area (Å²) in [5.41, 5.74) is -1.87. The number of ether oxygens (including phenoxy) is 1. The van der Waals surface area contributed by atoms with Crippen molar-refractivity contribution in [3.05, 3.63) is 25.3 Å². The number of aliphatic hydroxyl groups is 1. The summed E-state index contributed by atoms with van der Waals surface area (Å²) in [6, 6.07) is 0. The van der Waals surface area contributed by atoms with Crippen molar-refractivity contribution in [2.24, 2.45) is 5.41 Å². The number of hydrogen-bond donors (Lipinski definition) is 1. The lowest BCUT2D eigenvalue weighted by molar-refractivity contribution is -0.170. The highest BCUT2D eigenvalue weighted by molar-refractivity contribution is 5.79. The van der Waals surface area contributed by atoms with E-state index in [9.17, 15) is 9.90 Å². The van der Waals surface area contributed by atoms with Gasteiger partial charge in [0.25, 0.3) is 0 Å². The van der Waals surface area contributed by atoms with Crippen molar-refractivity contribution < 1.29 is 14.6 Å². The molecule has 0 spiro atoms. The van der Waals surface area contributed by atoms with Gasteiger partial charge in [-0.1, -0.05) is 12.2 Å². The van der Waals surface area contributed by atoms with Crippen molar-refractivity contribution in [2.75, 3.05) is 6.61 Å². The Labute approximate surface area is 103 Å². The van der Waals surface area contributed by atoms with E-state index < -0.39 is 11.0 Å². The Morgan fingerprint density at radius 1 is 1.35 bits per heavy atom. The van der Waals surface area contributed by atoms with E-state index in [1.807, 2.05) is 0 Å². The lowest BCUT2D eigenvalue weighted by Crippen LogP contribution is -2.49. The molecule has 0 aromatic rings. The zero-order chi connectivity index (χ0) is 12.9. The van der Waals surface area contributed by atoms with E-state index in [-0.39, 0.29) is 5.97 Å². The number of carbonyl (C=O) groups is 1. The second kappa shape index (κ2) is 5.50. The minimum absolute atomic E-state index is 0.304. The van der Waals surface area contributed by atoms with Crippen LogP contribution in [-0.2, 0) is 9.53 Å². The molecule has 1 aliphatic rings. The molecule has 17 heavy (non-hydrogen) atoms. The van der Waals surface area contributed by atoms with Crippen molar-refractivity contribution >= 4 is 5.97 Å². The molecular formula is C14H22O3. The van der Waals surface area contributed by atoms with Gasteiger partial charge in [-0.3, -0.25) is 4.79 Å². The van der Waals surface area contributed by atoms with Gasteiger partial charge in [0.1, 0.15) is 5.41 Å². The van der Waals surface area contributed by atoms with Gasteiger partial charge in [0, 0.05) is 0 Å². The second-order valence-electron chi connectivity index (χ2n) is 4.67. The van der Waals surface area contributed by atoms with Crippen molar-refractivity contribution in [2.45, 2.75) is 44.6 Å². The van der Waals surface area contributed by atoms with E-state index in [1.54, 1.807) is 19.1 Å². The zero-order valence-electron chi connectivity index (χ0n) is 10.6. The highest BCUT2D eigenvalue weighted by Crippen LogP contribution is 2.52. The maximum atomic E-state index is 12.2. The number of carbonyl (C=O) groups excluding carboxylic acids is 1. The van der Waals surface area contributed by atoms with Crippen molar-refractivity contribution in [1.29, 1.82) is 0 Å². The molecule has 0 bridgehead atoms. The van der Waals surface area contributed by atoms with Crippen LogP contribution < -0.4 is 0 Å². The van der Waals surface area contributed by atoms with Gasteiger partial charge in [0.15, 0.2) is 0 Å². The first kappa shape index (κ1) is 14.0. The summed E-state index contributed by atoms with van der Waals surface area (Å²) < 4.78 is 5.14. The standard InChI is InChI=1S/C14H22O3/c1-4-8-13(12(15)17-6-3)10-7-11-14(13,16)9-5-2/h4-5,16H,1-2,6-11H2,3H3/t13-,14-/m0/s1. The Bertz CT molecular complexity index is 311. The van der Waals surface area contributed by atoms with Crippen LogP contribution in [0.3, 0.4) is 0 Å². The third kappa shape index (κ3) is 2.29. The smallest absolute Gasteiger partial charge is 0.315 e. The van der Waals surface area contributed by atoms with Crippen molar-refractivity contribution in [3.8, 4) is 0 Å². The van der Waals surface area contributed by atoms with Crippen LogP contribution in [0.25, 0.3) is 0 Å². The molecule has 1 aliphatic carbocycles. The third-order valence-electron chi connectivity index (χ3n) is 3.73. The average Bonchev–Trinajstić information content (AvgIpc) is 2.59. The van der Waals surface area contributed by atoms with E-state index in [2.05, 4.69) is 13.2 Å². The predicted octanol–water partition coefficient (Wildman–Crippen LogP) is 2.60. The highest BCUT2D eigenvalue weighted by atomic mass is 16.5. The van der Waals surface area contributed by atoms with Gasteiger partial charge in [-0.05, 0) is 39.0 Å². The van der Waals surface area contributed by atoms with E-state index in [0.717, 1.165) is 6.42 Å². The van der Waals surface area contributed by atoms with Crippen molar-refractivity contribution in [3.63, 3.8) is 0 Å². The Kier molecular flexibility index (Phi) is 4.52. The molecule has 3 nitrogen and oxygen atoms in total. The normalized spacial score (nSPS) is 32.1. The van der Waals surface area contributed by atoms with Gasteiger partial charge < -0.3 is 9.84 Å². The topological polar surface area (TPSA) is 46.5 Å². The van der Waals surface area contributed by atoms with E-state index in [4.69, 9.17) is 4.74 Å². The molecule has 0 unspecified atom stereocenters. The van der Waals surface area contributed by atoms with E-state index in [1.165, 1.54) is 0 Å². The fourth-order valence-corrected chi connectivity index (χ4v) is 2.87. The molecular weight excluding hydrogens is 216 g/mol. The molecule has 0 heterocycles. The molecule has 2 atom stereocenters. The van der Waals surface area contributed by atoms with Gasteiger partial charge in [0.05, 0.1) is 12.2 Å². The molecule has 0 aromatic heterocycles. The molecule has 0 radical (unpaired) electrons. The summed E-state index contributed by atoms with van der Waals surface area (Å²) in [7, 11) is 0. The first-order valence-electron chi connectivity index (χ1n) is 6.17. The Morgan fingerprint density at radius 2 is 2.00 bits per heavy atom.